The van der Waals surface area contributed by atoms with E-state index in [4.69, 9.17) is 14.6 Å². The Morgan fingerprint density at radius 1 is 0.656 bits per heavy atom. The monoisotopic (exact) mass is 436 g/mol. The van der Waals surface area contributed by atoms with Crippen LogP contribution in [0, 0.1) is 0 Å². The molecule has 0 unspecified atom stereocenters. The average molecular weight is 437 g/mol. The van der Waals surface area contributed by atoms with Crippen LogP contribution in [0.2, 0.25) is 0 Å². The summed E-state index contributed by atoms with van der Waals surface area (Å²) < 4.78 is 10.6. The van der Waals surface area contributed by atoms with Crippen molar-refractivity contribution in [3.05, 3.63) is 95.1 Å². The normalized spacial score (nSPS) is 9.75. The number of aliphatic hydroxyl groups is 1. The van der Waals surface area contributed by atoms with Crippen molar-refractivity contribution in [3.8, 4) is 11.5 Å². The van der Waals surface area contributed by atoms with Crippen molar-refractivity contribution < 1.29 is 24.2 Å². The van der Waals surface area contributed by atoms with Gasteiger partial charge in [0.25, 0.3) is 11.8 Å². The minimum Gasteiger partial charge on any atom is -0.496 e. The minimum absolute atomic E-state index is 0.220. The van der Waals surface area contributed by atoms with Crippen LogP contribution in [-0.4, -0.2) is 38.3 Å². The van der Waals surface area contributed by atoms with Crippen molar-refractivity contribution in [1.29, 1.82) is 0 Å². The van der Waals surface area contributed by atoms with Crippen LogP contribution < -0.4 is 20.1 Å². The summed E-state index contributed by atoms with van der Waals surface area (Å²) in [4.78, 5) is 24.8. The van der Waals surface area contributed by atoms with Gasteiger partial charge >= 0.3 is 0 Å². The highest BCUT2D eigenvalue weighted by Gasteiger charge is 2.11. The molecular formula is C25H28N2O5. The highest BCUT2D eigenvalue weighted by molar-refractivity contribution is 5.97. The van der Waals surface area contributed by atoms with Crippen molar-refractivity contribution in [1.82, 2.24) is 10.6 Å². The van der Waals surface area contributed by atoms with Crippen molar-refractivity contribution in [2.45, 2.75) is 13.1 Å². The summed E-state index contributed by atoms with van der Waals surface area (Å²) in [6, 6.07) is 21.6. The van der Waals surface area contributed by atoms with E-state index in [9.17, 15) is 9.59 Å². The number of carbonyl (C=O) groups is 2. The van der Waals surface area contributed by atoms with Gasteiger partial charge in [0, 0.05) is 42.5 Å². The largest absolute Gasteiger partial charge is 0.496 e. The Bertz CT molecular complexity index is 936. The number of hydrogen-bond donors (Lipinski definition) is 3. The van der Waals surface area contributed by atoms with Gasteiger partial charge in [-0.05, 0) is 36.4 Å². The van der Waals surface area contributed by atoms with E-state index in [0.717, 1.165) is 29.7 Å². The lowest BCUT2D eigenvalue weighted by molar-refractivity contribution is 0.0939. The molecule has 0 saturated heterocycles. The summed E-state index contributed by atoms with van der Waals surface area (Å²) in [5, 5.41) is 12.7. The molecule has 0 radical (unpaired) electrons. The van der Waals surface area contributed by atoms with Crippen LogP contribution in [0.5, 0.6) is 11.5 Å². The van der Waals surface area contributed by atoms with Gasteiger partial charge in [-0.25, -0.2) is 0 Å². The maximum absolute atomic E-state index is 12.4. The van der Waals surface area contributed by atoms with E-state index in [1.165, 1.54) is 0 Å². The number of aliphatic hydroxyl groups excluding tert-OH is 1. The molecule has 0 aliphatic rings. The smallest absolute Gasteiger partial charge is 0.251 e. The van der Waals surface area contributed by atoms with Crippen LogP contribution in [0.1, 0.15) is 31.8 Å². The molecule has 7 heteroatoms. The topological polar surface area (TPSA) is 96.9 Å². The fourth-order valence-corrected chi connectivity index (χ4v) is 3.03. The Kier molecular flexibility index (Phi) is 9.74. The third-order valence-corrected chi connectivity index (χ3v) is 4.67. The molecule has 3 aromatic rings. The molecule has 7 nitrogen and oxygen atoms in total. The first-order valence-corrected chi connectivity index (χ1v) is 9.97. The van der Waals surface area contributed by atoms with Crippen molar-refractivity contribution in [2.24, 2.45) is 0 Å². The molecule has 3 rings (SSSR count). The summed E-state index contributed by atoms with van der Waals surface area (Å²) in [5.74, 6) is 1.00. The summed E-state index contributed by atoms with van der Waals surface area (Å²) >= 11 is 0. The summed E-state index contributed by atoms with van der Waals surface area (Å²) in [6.07, 6.45) is 0. The molecule has 32 heavy (non-hydrogen) atoms. The number of methoxy groups -OCH3 is 2. The van der Waals surface area contributed by atoms with Gasteiger partial charge in [0.2, 0.25) is 0 Å². The van der Waals surface area contributed by atoms with E-state index in [1.54, 1.807) is 38.5 Å². The number of nitrogens with one attached hydrogen (secondary N) is 2. The Hall–Kier alpha value is -3.84. The third kappa shape index (κ3) is 6.58. The van der Waals surface area contributed by atoms with Gasteiger partial charge < -0.3 is 25.2 Å². The third-order valence-electron chi connectivity index (χ3n) is 4.67. The number of amides is 2. The van der Waals surface area contributed by atoms with Gasteiger partial charge in [-0.1, -0.05) is 36.4 Å². The van der Waals surface area contributed by atoms with Crippen LogP contribution in [0.15, 0.2) is 72.8 Å². The molecule has 0 aliphatic heterocycles. The van der Waals surface area contributed by atoms with Crippen LogP contribution in [-0.2, 0) is 13.1 Å². The molecule has 0 spiro atoms. The van der Waals surface area contributed by atoms with E-state index in [2.05, 4.69) is 10.6 Å². The molecule has 0 fully saturated rings. The molecule has 0 aliphatic carbocycles. The van der Waals surface area contributed by atoms with E-state index in [-0.39, 0.29) is 11.8 Å². The molecule has 0 heterocycles. The fourth-order valence-electron chi connectivity index (χ4n) is 3.03. The first-order valence-electron chi connectivity index (χ1n) is 9.97. The van der Waals surface area contributed by atoms with E-state index in [0.29, 0.717) is 24.2 Å². The lowest BCUT2D eigenvalue weighted by Crippen LogP contribution is -2.24. The number of rotatable bonds is 8. The quantitative estimate of drug-likeness (QED) is 0.504. The standard InChI is InChI=1S/C24H24N2O4.CH4O/c1-29-21-9-5-3-7-19(21)15-25-23(27)17-11-13-18(14-12-17)24(28)26-16-20-8-4-6-10-22(20)30-2;1-2/h3-14H,15-16H2,1-2H3,(H,25,27)(H,26,28);2H,1H3. The molecule has 2 amide bonds. The summed E-state index contributed by atoms with van der Waals surface area (Å²) in [6.45, 7) is 0.702. The van der Waals surface area contributed by atoms with E-state index in [1.807, 2.05) is 48.5 Å². The SMILES string of the molecule is CO.COc1ccccc1CNC(=O)c1ccc(C(=O)NCc2ccccc2OC)cc1. The molecule has 168 valence electrons. The zero-order valence-electron chi connectivity index (χ0n) is 18.4. The van der Waals surface area contributed by atoms with Gasteiger partial charge in [-0.3, -0.25) is 9.59 Å². The number of ether oxygens (including phenoxy) is 2. The predicted octanol–water partition coefficient (Wildman–Crippen LogP) is 3.17. The van der Waals surface area contributed by atoms with Crippen LogP contribution >= 0.6 is 0 Å². The number of carbonyl (C=O) groups excluding carboxylic acids is 2. The number of hydrogen-bond acceptors (Lipinski definition) is 5. The Morgan fingerprint density at radius 3 is 1.34 bits per heavy atom. The number of para-hydroxylation sites is 2. The van der Waals surface area contributed by atoms with Crippen LogP contribution in [0.25, 0.3) is 0 Å². The predicted molar refractivity (Wildman–Crippen MR) is 123 cm³/mol. The summed E-state index contributed by atoms with van der Waals surface area (Å²) in [7, 11) is 4.19. The first kappa shape index (κ1) is 24.4. The second-order valence-electron chi connectivity index (χ2n) is 6.57. The van der Waals surface area contributed by atoms with Gasteiger partial charge in [-0.2, -0.15) is 0 Å². The lowest BCUT2D eigenvalue weighted by atomic mass is 10.1. The van der Waals surface area contributed by atoms with Crippen LogP contribution in [0.4, 0.5) is 0 Å². The number of benzene rings is 3. The molecule has 0 saturated carbocycles. The lowest BCUT2D eigenvalue weighted by Gasteiger charge is -2.11. The first-order chi connectivity index (χ1) is 15.6. The van der Waals surface area contributed by atoms with Crippen molar-refractivity contribution >= 4 is 11.8 Å². The highest BCUT2D eigenvalue weighted by Crippen LogP contribution is 2.18. The zero-order valence-corrected chi connectivity index (χ0v) is 18.4. The van der Waals surface area contributed by atoms with Crippen LogP contribution in [0.3, 0.4) is 0 Å². The maximum Gasteiger partial charge on any atom is 0.251 e. The van der Waals surface area contributed by atoms with E-state index < -0.39 is 0 Å². The highest BCUT2D eigenvalue weighted by atomic mass is 16.5. The minimum atomic E-state index is -0.220. The van der Waals surface area contributed by atoms with Gasteiger partial charge in [-0.15, -0.1) is 0 Å². The second kappa shape index (κ2) is 12.8. The van der Waals surface area contributed by atoms with Gasteiger partial charge in [0.1, 0.15) is 11.5 Å². The molecule has 0 aromatic heterocycles. The van der Waals surface area contributed by atoms with Gasteiger partial charge in [0.05, 0.1) is 14.2 Å². The molecule has 3 aromatic carbocycles. The fraction of sp³-hybridized carbons (Fsp3) is 0.200. The van der Waals surface area contributed by atoms with E-state index >= 15 is 0 Å². The summed E-state index contributed by atoms with van der Waals surface area (Å²) in [5.41, 5.74) is 2.73. The Balaban J connectivity index is 0.00000176. The van der Waals surface area contributed by atoms with Crippen molar-refractivity contribution in [2.75, 3.05) is 21.3 Å². The zero-order chi connectivity index (χ0) is 23.3. The molecule has 0 bridgehead atoms. The Morgan fingerprint density at radius 2 is 1.00 bits per heavy atom. The van der Waals surface area contributed by atoms with Gasteiger partial charge in [0.15, 0.2) is 0 Å². The molecular weight excluding hydrogens is 408 g/mol. The maximum atomic E-state index is 12.4. The average Bonchev–Trinajstić information content (AvgIpc) is 2.87. The second-order valence-corrected chi connectivity index (χ2v) is 6.57. The molecule has 0 atom stereocenters. The van der Waals surface area contributed by atoms with Crippen molar-refractivity contribution in [3.63, 3.8) is 0 Å². The molecule has 3 N–H and O–H groups in total. The Labute approximate surface area is 188 Å².